The summed E-state index contributed by atoms with van der Waals surface area (Å²) >= 11 is 0. The molecule has 2 saturated heterocycles. The van der Waals surface area contributed by atoms with Gasteiger partial charge in [-0.3, -0.25) is 0 Å². The van der Waals surface area contributed by atoms with Crippen molar-refractivity contribution in [2.45, 2.75) is 68.9 Å². The lowest BCUT2D eigenvalue weighted by Crippen LogP contribution is -2.64. The highest BCUT2D eigenvalue weighted by atomic mass is 28.5. The third kappa shape index (κ3) is 10.6. The summed E-state index contributed by atoms with van der Waals surface area (Å²) in [5, 5.41) is 0. The second-order valence-electron chi connectivity index (χ2n) is 10.0. The molecule has 225 valence electrons. The van der Waals surface area contributed by atoms with E-state index < -0.39 is 52.6 Å². The molecular weight excluding hydrogens is 601 g/mol. The maximum Gasteiger partial charge on any atom is 0.500 e. The summed E-state index contributed by atoms with van der Waals surface area (Å²) in [6.45, 7) is 10.4. The van der Waals surface area contributed by atoms with Gasteiger partial charge in [0.25, 0.3) is 0 Å². The van der Waals surface area contributed by atoms with E-state index in [1.165, 1.54) is 0 Å². The van der Waals surface area contributed by atoms with Gasteiger partial charge in [-0.2, -0.15) is 0 Å². The first-order valence-electron chi connectivity index (χ1n) is 13.0. The van der Waals surface area contributed by atoms with E-state index in [4.69, 9.17) is 52.5 Å². The molecule has 0 bridgehead atoms. The van der Waals surface area contributed by atoms with Gasteiger partial charge in [-0.15, -0.1) is 0 Å². The van der Waals surface area contributed by atoms with E-state index in [2.05, 4.69) is 19.6 Å². The summed E-state index contributed by atoms with van der Waals surface area (Å²) in [5.74, 6) is 0. The molecule has 1 radical (unpaired) electrons. The first kappa shape index (κ1) is 35.0. The highest BCUT2D eigenvalue weighted by Crippen LogP contribution is 2.36. The maximum absolute atomic E-state index is 7.03. The van der Waals surface area contributed by atoms with Crippen LogP contribution in [0.4, 0.5) is 0 Å². The van der Waals surface area contributed by atoms with Crippen LogP contribution in [-0.2, 0) is 52.5 Å². The number of ether oxygens (including phenoxy) is 2. The van der Waals surface area contributed by atoms with Crippen LogP contribution in [0.2, 0.25) is 56.4 Å². The zero-order valence-electron chi connectivity index (χ0n) is 24.8. The van der Waals surface area contributed by atoms with Crippen LogP contribution in [0.5, 0.6) is 0 Å². The minimum Gasteiger partial charge on any atom is -0.416 e. The summed E-state index contributed by atoms with van der Waals surface area (Å²) in [5.41, 5.74) is 0. The van der Waals surface area contributed by atoms with Crippen molar-refractivity contribution in [1.29, 1.82) is 0 Å². The molecule has 0 spiro atoms. The Hall–Kier alpha value is 0.821. The molecule has 0 aromatic heterocycles. The average molecular weight is 650 g/mol. The van der Waals surface area contributed by atoms with Crippen molar-refractivity contribution in [2.75, 3.05) is 62.5 Å². The van der Waals surface area contributed by atoms with Gasteiger partial charge in [0, 0.05) is 61.4 Å². The maximum atomic E-state index is 7.03. The minimum atomic E-state index is -2.86. The Bertz CT molecular complexity index is 687. The van der Waals surface area contributed by atoms with Crippen molar-refractivity contribution in [2.24, 2.45) is 0 Å². The molecule has 2 rings (SSSR count). The molecule has 0 aromatic rings. The molecule has 2 aliphatic rings. The fourth-order valence-electron chi connectivity index (χ4n) is 4.66. The molecule has 38 heavy (non-hydrogen) atoms. The molecule has 12 nitrogen and oxygen atoms in total. The van der Waals surface area contributed by atoms with Gasteiger partial charge in [-0.05, 0) is 50.7 Å². The molecule has 0 N–H and O–H groups in total. The van der Waals surface area contributed by atoms with Crippen molar-refractivity contribution in [3.8, 4) is 0 Å². The lowest BCUT2D eigenvalue weighted by molar-refractivity contribution is 0.115. The van der Waals surface area contributed by atoms with E-state index >= 15 is 0 Å². The normalized spacial score (nSPS) is 31.3. The number of hydrogen-bond acceptors (Lipinski definition) is 12. The van der Waals surface area contributed by atoms with Gasteiger partial charge in [-0.1, -0.05) is 0 Å². The molecule has 0 saturated carbocycles. The first-order valence-corrected chi connectivity index (χ1v) is 26.2. The quantitative estimate of drug-likeness (QED) is 0.124. The van der Waals surface area contributed by atoms with Gasteiger partial charge in [0.05, 0.1) is 13.2 Å². The minimum absolute atomic E-state index is 0.255. The van der Waals surface area contributed by atoms with Gasteiger partial charge in [0.1, 0.15) is 6.10 Å². The van der Waals surface area contributed by atoms with Crippen LogP contribution < -0.4 is 0 Å². The summed E-state index contributed by atoms with van der Waals surface area (Å²) in [6, 6.07) is 3.17. The van der Waals surface area contributed by atoms with E-state index in [9.17, 15) is 0 Å². The lowest BCUT2D eigenvalue weighted by atomic mass is 10.5. The first-order chi connectivity index (χ1) is 17.9. The standard InChI is InChI=1S/C20H49O12Si6/c1-21-37(22-2,23-3)16-14-35(9)30-33(7)29-34(8,13-11-12-27-18-20-19-28-20)31-36(10,32-35)15-17-38(24-4,25-5)26-6/h20H,11-19H2,1-10H3. The van der Waals surface area contributed by atoms with Crippen molar-refractivity contribution >= 4 is 52.6 Å². The molecule has 2 aliphatic heterocycles. The van der Waals surface area contributed by atoms with Crippen LogP contribution in [0.25, 0.3) is 0 Å². The lowest BCUT2D eigenvalue weighted by Gasteiger charge is -2.47. The number of hydrogen-bond donors (Lipinski definition) is 0. The van der Waals surface area contributed by atoms with E-state index in [-0.39, 0.29) is 6.10 Å². The Balaban J connectivity index is 2.23. The summed E-state index contributed by atoms with van der Waals surface area (Å²) in [6.07, 6.45) is 1.09. The molecule has 2 fully saturated rings. The van der Waals surface area contributed by atoms with Gasteiger partial charge >= 0.3 is 52.6 Å². The van der Waals surface area contributed by atoms with Crippen LogP contribution in [-0.4, -0.2) is 121 Å². The van der Waals surface area contributed by atoms with Crippen molar-refractivity contribution in [3.05, 3.63) is 0 Å². The van der Waals surface area contributed by atoms with Crippen LogP contribution in [0.1, 0.15) is 6.42 Å². The molecule has 0 aliphatic carbocycles. The topological polar surface area (TPSA) is 114 Å². The van der Waals surface area contributed by atoms with Crippen molar-refractivity contribution in [3.63, 3.8) is 0 Å². The zero-order valence-corrected chi connectivity index (χ0v) is 30.8. The largest absolute Gasteiger partial charge is 0.500 e. The Labute approximate surface area is 236 Å². The summed E-state index contributed by atoms with van der Waals surface area (Å²) < 4.78 is 72.5. The Morgan fingerprint density at radius 3 is 1.55 bits per heavy atom. The number of rotatable bonds is 18. The molecule has 0 aromatic carbocycles. The van der Waals surface area contributed by atoms with E-state index in [0.29, 0.717) is 37.4 Å². The predicted molar refractivity (Wildman–Crippen MR) is 154 cm³/mol. The Morgan fingerprint density at radius 1 is 0.711 bits per heavy atom. The van der Waals surface area contributed by atoms with E-state index in [1.54, 1.807) is 42.7 Å². The Kier molecular flexibility index (Phi) is 14.1. The highest BCUT2D eigenvalue weighted by Gasteiger charge is 2.55. The Morgan fingerprint density at radius 2 is 1.13 bits per heavy atom. The third-order valence-corrected chi connectivity index (χ3v) is 29.5. The SMILES string of the molecule is CO[Si](CC[Si]1(C)O[Si](C)O[Si](C)(CCCOCC2CO2)O[Si](C)(CC[Si](OC)(OC)OC)O1)(OC)OC. The van der Waals surface area contributed by atoms with Gasteiger partial charge in [0.15, 0.2) is 0 Å². The second kappa shape index (κ2) is 15.3. The van der Waals surface area contributed by atoms with E-state index in [1.807, 2.05) is 6.55 Å². The molecule has 2 heterocycles. The zero-order chi connectivity index (χ0) is 28.5. The monoisotopic (exact) mass is 649 g/mol. The number of epoxide rings is 1. The third-order valence-electron chi connectivity index (χ3n) is 6.85. The molecular formula is C20H49O12Si6. The van der Waals surface area contributed by atoms with Gasteiger partial charge in [0.2, 0.25) is 0 Å². The summed E-state index contributed by atoms with van der Waals surface area (Å²) in [4.78, 5) is 0. The van der Waals surface area contributed by atoms with E-state index in [0.717, 1.165) is 19.1 Å². The van der Waals surface area contributed by atoms with Crippen LogP contribution >= 0.6 is 0 Å². The van der Waals surface area contributed by atoms with Crippen LogP contribution in [0.15, 0.2) is 0 Å². The predicted octanol–water partition coefficient (Wildman–Crippen LogP) is 2.96. The van der Waals surface area contributed by atoms with Crippen LogP contribution in [0, 0.1) is 0 Å². The smallest absolute Gasteiger partial charge is 0.416 e. The molecule has 18 heteroatoms. The van der Waals surface area contributed by atoms with Crippen molar-refractivity contribution < 1.29 is 52.5 Å². The fraction of sp³-hybridized carbons (Fsp3) is 1.00. The molecule has 4 unspecified atom stereocenters. The average Bonchev–Trinajstić information content (AvgIpc) is 3.69. The second-order valence-corrected chi connectivity index (χ2v) is 28.8. The van der Waals surface area contributed by atoms with Crippen molar-refractivity contribution in [1.82, 2.24) is 0 Å². The fourth-order valence-corrected chi connectivity index (χ4v) is 30.5. The van der Waals surface area contributed by atoms with Gasteiger partial charge in [-0.25, -0.2) is 0 Å². The highest BCUT2D eigenvalue weighted by molar-refractivity contribution is 6.91. The van der Waals surface area contributed by atoms with Gasteiger partial charge < -0.3 is 52.5 Å². The van der Waals surface area contributed by atoms with Crippen LogP contribution in [0.3, 0.4) is 0 Å². The summed E-state index contributed by atoms with van der Waals surface area (Å²) in [7, 11) is -5.89. The molecule has 0 amide bonds. The molecule has 4 atom stereocenters.